The second kappa shape index (κ2) is 9.68. The third-order valence-electron chi connectivity index (χ3n) is 3.78. The lowest BCUT2D eigenvalue weighted by Gasteiger charge is -2.07. The minimum absolute atomic E-state index is 0.694. The minimum Gasteiger partial charge on any atom is -0.496 e. The normalized spacial score (nSPS) is 9.65. The molecule has 0 aromatic heterocycles. The minimum atomic E-state index is 0.694. The monoisotopic (exact) mass is 410 g/mol. The van der Waals surface area contributed by atoms with Gasteiger partial charge in [-0.15, -0.1) is 0 Å². The zero-order chi connectivity index (χ0) is 18.9. The molecule has 132 valence electrons. The van der Waals surface area contributed by atoms with Crippen molar-refractivity contribution in [3.05, 3.63) is 87.9 Å². The van der Waals surface area contributed by atoms with Crippen LogP contribution in [0.15, 0.2) is 71.2 Å². The van der Waals surface area contributed by atoms with Crippen molar-refractivity contribution in [2.45, 2.75) is 6.92 Å². The Hall–Kier alpha value is -2.72. The number of aldehydes is 2. The molecule has 0 radical (unpaired) electrons. The molecule has 3 aromatic rings. The standard InChI is InChI=1S/C15H14O2.C7H5BrO/c1-11-9-14(7-8-15(11)17-2)13-5-3-12(10-16)4-6-13;8-7-3-1-6(5-9)2-4-7/h3-10H,1-2H3;1-5H. The number of aryl methyl sites for hydroxylation is 1. The first-order valence-electron chi connectivity index (χ1n) is 7.98. The largest absolute Gasteiger partial charge is 0.496 e. The lowest BCUT2D eigenvalue weighted by Crippen LogP contribution is -1.88. The summed E-state index contributed by atoms with van der Waals surface area (Å²) in [6.07, 6.45) is 1.68. The summed E-state index contributed by atoms with van der Waals surface area (Å²) in [7, 11) is 1.67. The second-order valence-electron chi connectivity index (χ2n) is 5.59. The summed E-state index contributed by atoms with van der Waals surface area (Å²) >= 11 is 3.26. The summed E-state index contributed by atoms with van der Waals surface area (Å²) in [5, 5.41) is 0. The van der Waals surface area contributed by atoms with Crippen molar-refractivity contribution in [3.63, 3.8) is 0 Å². The Balaban J connectivity index is 0.000000228. The Morgan fingerprint density at radius 2 is 1.27 bits per heavy atom. The number of benzene rings is 3. The molecule has 26 heavy (non-hydrogen) atoms. The predicted octanol–water partition coefficient (Wildman–Crippen LogP) is 5.74. The van der Waals surface area contributed by atoms with Crippen LogP contribution in [-0.2, 0) is 0 Å². The number of rotatable bonds is 4. The van der Waals surface area contributed by atoms with Crippen LogP contribution in [0.1, 0.15) is 26.3 Å². The summed E-state index contributed by atoms with van der Waals surface area (Å²) < 4.78 is 6.22. The van der Waals surface area contributed by atoms with E-state index in [1.165, 1.54) is 0 Å². The van der Waals surface area contributed by atoms with E-state index in [0.717, 1.165) is 39.5 Å². The van der Waals surface area contributed by atoms with Crippen molar-refractivity contribution >= 4 is 28.5 Å². The van der Waals surface area contributed by atoms with E-state index in [-0.39, 0.29) is 0 Å². The summed E-state index contributed by atoms with van der Waals surface area (Å²) in [5.74, 6) is 0.887. The average molecular weight is 411 g/mol. The molecular weight excluding hydrogens is 392 g/mol. The smallest absolute Gasteiger partial charge is 0.150 e. The van der Waals surface area contributed by atoms with Crippen LogP contribution in [0.3, 0.4) is 0 Å². The lowest BCUT2D eigenvalue weighted by atomic mass is 10.0. The van der Waals surface area contributed by atoms with Gasteiger partial charge in [0.05, 0.1) is 7.11 Å². The van der Waals surface area contributed by atoms with Crippen molar-refractivity contribution in [2.75, 3.05) is 7.11 Å². The lowest BCUT2D eigenvalue weighted by molar-refractivity contribution is 0.111. The Bertz CT molecular complexity index is 869. The fraction of sp³-hybridized carbons (Fsp3) is 0.0909. The van der Waals surface area contributed by atoms with E-state index in [1.54, 1.807) is 19.2 Å². The molecule has 0 aliphatic rings. The van der Waals surface area contributed by atoms with Gasteiger partial charge in [0, 0.05) is 15.6 Å². The number of carbonyl (C=O) groups is 2. The molecule has 0 aliphatic heterocycles. The molecule has 0 fully saturated rings. The number of hydrogen-bond donors (Lipinski definition) is 0. The van der Waals surface area contributed by atoms with Crippen LogP contribution in [-0.4, -0.2) is 19.7 Å². The Labute approximate surface area is 161 Å². The molecule has 3 rings (SSSR count). The van der Waals surface area contributed by atoms with E-state index >= 15 is 0 Å². The maximum atomic E-state index is 10.6. The second-order valence-corrected chi connectivity index (χ2v) is 6.51. The molecule has 0 saturated carbocycles. The van der Waals surface area contributed by atoms with Crippen LogP contribution < -0.4 is 4.74 Å². The van der Waals surface area contributed by atoms with Crippen LogP contribution in [0.5, 0.6) is 5.75 Å². The van der Waals surface area contributed by atoms with Gasteiger partial charge >= 0.3 is 0 Å². The van der Waals surface area contributed by atoms with Crippen LogP contribution >= 0.6 is 15.9 Å². The number of ether oxygens (including phenoxy) is 1. The highest BCUT2D eigenvalue weighted by molar-refractivity contribution is 9.10. The van der Waals surface area contributed by atoms with Crippen molar-refractivity contribution in [2.24, 2.45) is 0 Å². The summed E-state index contributed by atoms with van der Waals surface area (Å²) in [5.41, 5.74) is 4.73. The molecular formula is C22H19BrO3. The van der Waals surface area contributed by atoms with Gasteiger partial charge in [-0.2, -0.15) is 0 Å². The van der Waals surface area contributed by atoms with E-state index in [9.17, 15) is 9.59 Å². The topological polar surface area (TPSA) is 43.4 Å². The fourth-order valence-electron chi connectivity index (χ4n) is 2.35. The molecule has 0 N–H and O–H groups in total. The Kier molecular flexibility index (Phi) is 7.30. The predicted molar refractivity (Wildman–Crippen MR) is 108 cm³/mol. The van der Waals surface area contributed by atoms with Gasteiger partial charge in [-0.05, 0) is 47.9 Å². The quantitative estimate of drug-likeness (QED) is 0.514. The first-order chi connectivity index (χ1) is 12.6. The summed E-state index contributed by atoms with van der Waals surface area (Å²) in [6, 6.07) is 20.8. The Morgan fingerprint density at radius 1 is 0.769 bits per heavy atom. The van der Waals surface area contributed by atoms with Gasteiger partial charge in [0.25, 0.3) is 0 Å². The number of carbonyl (C=O) groups excluding carboxylic acids is 2. The van der Waals surface area contributed by atoms with Crippen molar-refractivity contribution in [1.82, 2.24) is 0 Å². The van der Waals surface area contributed by atoms with E-state index < -0.39 is 0 Å². The number of hydrogen-bond acceptors (Lipinski definition) is 3. The molecule has 0 amide bonds. The van der Waals surface area contributed by atoms with Gasteiger partial charge in [0.2, 0.25) is 0 Å². The summed E-state index contributed by atoms with van der Waals surface area (Å²) in [6.45, 7) is 2.02. The molecule has 0 aliphatic carbocycles. The van der Waals surface area contributed by atoms with Crippen LogP contribution in [0.2, 0.25) is 0 Å². The zero-order valence-corrected chi connectivity index (χ0v) is 16.2. The first kappa shape index (κ1) is 19.6. The molecule has 4 heteroatoms. The molecule has 0 bridgehead atoms. The maximum Gasteiger partial charge on any atom is 0.150 e. The third-order valence-corrected chi connectivity index (χ3v) is 4.31. The average Bonchev–Trinajstić information content (AvgIpc) is 2.69. The SMILES string of the molecule is COc1ccc(-c2ccc(C=O)cc2)cc1C.O=Cc1ccc(Br)cc1. The van der Waals surface area contributed by atoms with Gasteiger partial charge in [0.1, 0.15) is 18.3 Å². The highest BCUT2D eigenvalue weighted by Gasteiger charge is 2.02. The Morgan fingerprint density at radius 3 is 1.73 bits per heavy atom. The van der Waals surface area contributed by atoms with E-state index in [1.807, 2.05) is 55.5 Å². The zero-order valence-electron chi connectivity index (χ0n) is 14.6. The van der Waals surface area contributed by atoms with Crippen LogP contribution in [0.25, 0.3) is 11.1 Å². The summed E-state index contributed by atoms with van der Waals surface area (Å²) in [4.78, 5) is 20.7. The molecule has 0 spiro atoms. The van der Waals surface area contributed by atoms with Gasteiger partial charge in [-0.1, -0.05) is 58.4 Å². The molecule has 0 saturated heterocycles. The molecule has 3 nitrogen and oxygen atoms in total. The van der Waals surface area contributed by atoms with Gasteiger partial charge in [-0.25, -0.2) is 0 Å². The number of methoxy groups -OCH3 is 1. The molecule has 0 heterocycles. The number of halogens is 1. The highest BCUT2D eigenvalue weighted by Crippen LogP contribution is 2.26. The first-order valence-corrected chi connectivity index (χ1v) is 8.77. The van der Waals surface area contributed by atoms with E-state index in [4.69, 9.17) is 4.74 Å². The molecule has 0 unspecified atom stereocenters. The van der Waals surface area contributed by atoms with Crippen LogP contribution in [0, 0.1) is 6.92 Å². The van der Waals surface area contributed by atoms with Crippen LogP contribution in [0.4, 0.5) is 0 Å². The van der Waals surface area contributed by atoms with Gasteiger partial charge in [0.15, 0.2) is 0 Å². The van der Waals surface area contributed by atoms with Crippen molar-refractivity contribution < 1.29 is 14.3 Å². The van der Waals surface area contributed by atoms with Gasteiger partial charge < -0.3 is 4.74 Å². The molecule has 3 aromatic carbocycles. The maximum absolute atomic E-state index is 10.6. The highest BCUT2D eigenvalue weighted by atomic mass is 79.9. The van der Waals surface area contributed by atoms with Crippen molar-refractivity contribution in [3.8, 4) is 16.9 Å². The third kappa shape index (κ3) is 5.39. The van der Waals surface area contributed by atoms with E-state index in [0.29, 0.717) is 11.1 Å². The molecule has 0 atom stereocenters. The van der Waals surface area contributed by atoms with Gasteiger partial charge in [-0.3, -0.25) is 9.59 Å². The van der Waals surface area contributed by atoms with E-state index in [2.05, 4.69) is 22.0 Å². The van der Waals surface area contributed by atoms with Crippen molar-refractivity contribution in [1.29, 1.82) is 0 Å². The fourth-order valence-corrected chi connectivity index (χ4v) is 2.62.